The number of anilines is 1. The van der Waals surface area contributed by atoms with Crippen molar-refractivity contribution < 1.29 is 12.8 Å². The van der Waals surface area contributed by atoms with Gasteiger partial charge in [0.05, 0.1) is 16.5 Å². The van der Waals surface area contributed by atoms with Gasteiger partial charge in [-0.25, -0.2) is 17.9 Å². The Hall–Kier alpha value is -2.43. The summed E-state index contributed by atoms with van der Waals surface area (Å²) in [6.07, 6.45) is 0.781. The quantitative estimate of drug-likeness (QED) is 0.930. The van der Waals surface area contributed by atoms with E-state index in [0.717, 1.165) is 17.7 Å². The van der Waals surface area contributed by atoms with Gasteiger partial charge in [-0.1, -0.05) is 12.1 Å². The average Bonchev–Trinajstić information content (AvgIpc) is 2.90. The minimum absolute atomic E-state index is 0.0581. The highest BCUT2D eigenvalue weighted by molar-refractivity contribution is 7.89. The van der Waals surface area contributed by atoms with Gasteiger partial charge in [-0.15, -0.1) is 0 Å². The molecule has 0 unspecified atom stereocenters. The second kappa shape index (κ2) is 5.65. The van der Waals surface area contributed by atoms with Gasteiger partial charge in [0, 0.05) is 18.8 Å². The minimum Gasteiger partial charge on any atom is -0.367 e. The molecule has 23 heavy (non-hydrogen) atoms. The summed E-state index contributed by atoms with van der Waals surface area (Å²) in [5.74, 6) is -0.455. The van der Waals surface area contributed by atoms with Crippen molar-refractivity contribution >= 4 is 15.7 Å². The summed E-state index contributed by atoms with van der Waals surface area (Å²) >= 11 is 0. The first kappa shape index (κ1) is 15.5. The van der Waals surface area contributed by atoms with E-state index < -0.39 is 15.8 Å². The molecule has 5 nitrogen and oxygen atoms in total. The molecule has 0 spiro atoms. The van der Waals surface area contributed by atoms with Crippen LogP contribution in [-0.4, -0.2) is 15.0 Å². The molecule has 0 aromatic heterocycles. The third-order valence-corrected chi connectivity index (χ3v) is 4.84. The third-order valence-electron chi connectivity index (χ3n) is 3.93. The Bertz CT molecular complexity index is 919. The average molecular weight is 331 g/mol. The summed E-state index contributed by atoms with van der Waals surface area (Å²) < 4.78 is 36.2. The number of benzene rings is 2. The molecular weight excluding hydrogens is 317 g/mol. The summed E-state index contributed by atoms with van der Waals surface area (Å²) in [5, 5.41) is 14.3. The van der Waals surface area contributed by atoms with E-state index in [0.29, 0.717) is 18.7 Å². The van der Waals surface area contributed by atoms with Crippen molar-refractivity contribution in [2.24, 2.45) is 5.14 Å². The van der Waals surface area contributed by atoms with Crippen LogP contribution < -0.4 is 10.0 Å². The van der Waals surface area contributed by atoms with E-state index >= 15 is 0 Å². The molecule has 0 aliphatic carbocycles. The topological polar surface area (TPSA) is 87.2 Å². The summed E-state index contributed by atoms with van der Waals surface area (Å²) in [6.45, 7) is 1.11. The van der Waals surface area contributed by atoms with E-state index in [1.165, 1.54) is 18.2 Å². The first-order valence-electron chi connectivity index (χ1n) is 6.97. The second-order valence-corrected chi connectivity index (χ2v) is 6.98. The molecule has 2 N–H and O–H groups in total. The summed E-state index contributed by atoms with van der Waals surface area (Å²) in [7, 11) is -3.77. The largest absolute Gasteiger partial charge is 0.367 e. The molecule has 0 radical (unpaired) electrons. The van der Waals surface area contributed by atoms with Crippen molar-refractivity contribution in [3.63, 3.8) is 0 Å². The van der Waals surface area contributed by atoms with Gasteiger partial charge in [-0.2, -0.15) is 5.26 Å². The Morgan fingerprint density at radius 2 is 2.04 bits per heavy atom. The van der Waals surface area contributed by atoms with E-state index in [1.54, 1.807) is 18.2 Å². The van der Waals surface area contributed by atoms with Crippen LogP contribution >= 0.6 is 0 Å². The van der Waals surface area contributed by atoms with Crippen molar-refractivity contribution in [3.05, 3.63) is 58.9 Å². The molecular formula is C16H14FN3O2S. The number of rotatable bonds is 3. The molecule has 0 atom stereocenters. The fourth-order valence-corrected chi connectivity index (χ4v) is 3.30. The zero-order chi connectivity index (χ0) is 16.6. The molecule has 1 heterocycles. The van der Waals surface area contributed by atoms with Crippen molar-refractivity contribution in [2.75, 3.05) is 11.4 Å². The molecule has 7 heteroatoms. The van der Waals surface area contributed by atoms with Crippen LogP contribution in [0.3, 0.4) is 0 Å². The van der Waals surface area contributed by atoms with Crippen molar-refractivity contribution in [1.82, 2.24) is 0 Å². The summed E-state index contributed by atoms with van der Waals surface area (Å²) in [6, 6.07) is 10.9. The molecule has 2 aromatic rings. The summed E-state index contributed by atoms with van der Waals surface area (Å²) in [4.78, 5) is 2.03. The number of hydrogen-bond donors (Lipinski definition) is 1. The molecule has 0 amide bonds. The van der Waals surface area contributed by atoms with Crippen molar-refractivity contribution in [3.8, 4) is 6.07 Å². The predicted molar refractivity (Wildman–Crippen MR) is 83.7 cm³/mol. The van der Waals surface area contributed by atoms with Crippen LogP contribution in [0.15, 0.2) is 41.3 Å². The van der Waals surface area contributed by atoms with Crippen LogP contribution in [0.4, 0.5) is 10.1 Å². The standard InChI is InChI=1S/C16H14FN3O2S/c17-14-3-1-12(13(7-14)9-18)10-20-6-5-11-2-4-15(8-16(11)20)23(19,21)22/h1-4,7-8H,5-6,10H2,(H2,19,21,22). The number of hydrogen-bond acceptors (Lipinski definition) is 4. The van der Waals surface area contributed by atoms with Gasteiger partial charge < -0.3 is 4.90 Å². The van der Waals surface area contributed by atoms with Crippen LogP contribution in [0.25, 0.3) is 0 Å². The lowest BCUT2D eigenvalue weighted by Gasteiger charge is -2.20. The number of primary sulfonamides is 1. The highest BCUT2D eigenvalue weighted by atomic mass is 32.2. The normalized spacial score (nSPS) is 13.7. The highest BCUT2D eigenvalue weighted by Crippen LogP contribution is 2.31. The monoisotopic (exact) mass is 331 g/mol. The SMILES string of the molecule is N#Cc1cc(F)ccc1CN1CCc2ccc(S(N)(=O)=O)cc21. The smallest absolute Gasteiger partial charge is 0.238 e. The zero-order valence-corrected chi connectivity index (χ0v) is 13.0. The molecule has 0 bridgehead atoms. The maximum atomic E-state index is 13.2. The van der Waals surface area contributed by atoms with Crippen LogP contribution in [-0.2, 0) is 23.0 Å². The van der Waals surface area contributed by atoms with Gasteiger partial charge in [0.15, 0.2) is 0 Å². The molecule has 118 valence electrons. The Labute approximate surface area is 133 Å². The van der Waals surface area contributed by atoms with Gasteiger partial charge in [0.2, 0.25) is 10.0 Å². The maximum Gasteiger partial charge on any atom is 0.238 e. The van der Waals surface area contributed by atoms with E-state index in [4.69, 9.17) is 10.4 Å². The molecule has 0 saturated carbocycles. The fourth-order valence-electron chi connectivity index (χ4n) is 2.76. The predicted octanol–water partition coefficient (Wildman–Crippen LogP) is 1.91. The first-order valence-corrected chi connectivity index (χ1v) is 8.52. The van der Waals surface area contributed by atoms with Crippen molar-refractivity contribution in [1.29, 1.82) is 5.26 Å². The van der Waals surface area contributed by atoms with Gasteiger partial charge >= 0.3 is 0 Å². The zero-order valence-electron chi connectivity index (χ0n) is 12.2. The van der Waals surface area contributed by atoms with Crippen LogP contribution in [0.5, 0.6) is 0 Å². The molecule has 1 aliphatic heterocycles. The first-order chi connectivity index (χ1) is 10.9. The fraction of sp³-hybridized carbons (Fsp3) is 0.188. The number of nitriles is 1. The second-order valence-electron chi connectivity index (χ2n) is 5.42. The van der Waals surface area contributed by atoms with E-state index in [-0.39, 0.29) is 10.5 Å². The lowest BCUT2D eigenvalue weighted by Crippen LogP contribution is -2.21. The van der Waals surface area contributed by atoms with Gasteiger partial charge in [0.25, 0.3) is 0 Å². The van der Waals surface area contributed by atoms with Crippen molar-refractivity contribution in [2.45, 2.75) is 17.9 Å². The van der Waals surface area contributed by atoms with E-state index in [2.05, 4.69) is 0 Å². The van der Waals surface area contributed by atoms with Gasteiger partial charge in [-0.05, 0) is 41.8 Å². The Morgan fingerprint density at radius 1 is 1.26 bits per heavy atom. The molecule has 0 fully saturated rings. The number of fused-ring (bicyclic) bond motifs is 1. The number of nitrogens with two attached hydrogens (primary N) is 1. The minimum atomic E-state index is -3.77. The van der Waals surface area contributed by atoms with E-state index in [9.17, 15) is 12.8 Å². The number of halogens is 1. The third kappa shape index (κ3) is 3.04. The van der Waals surface area contributed by atoms with E-state index in [1.807, 2.05) is 11.0 Å². The maximum absolute atomic E-state index is 13.2. The van der Waals surface area contributed by atoms with Gasteiger partial charge in [0.1, 0.15) is 5.82 Å². The Kier molecular flexibility index (Phi) is 3.80. The Balaban J connectivity index is 1.96. The number of nitrogens with zero attached hydrogens (tertiary/aromatic N) is 2. The highest BCUT2D eigenvalue weighted by Gasteiger charge is 2.22. The number of sulfonamides is 1. The molecule has 1 aliphatic rings. The molecule has 2 aromatic carbocycles. The van der Waals surface area contributed by atoms with Crippen LogP contribution in [0.2, 0.25) is 0 Å². The lowest BCUT2D eigenvalue weighted by atomic mass is 10.1. The molecule has 0 saturated heterocycles. The van der Waals surface area contributed by atoms with Crippen LogP contribution in [0, 0.1) is 17.1 Å². The van der Waals surface area contributed by atoms with Gasteiger partial charge in [-0.3, -0.25) is 0 Å². The molecule has 3 rings (SSSR count). The lowest BCUT2D eigenvalue weighted by molar-refractivity contribution is 0.597. The van der Waals surface area contributed by atoms with Crippen LogP contribution in [0.1, 0.15) is 16.7 Å². The Morgan fingerprint density at radius 3 is 2.74 bits per heavy atom. The summed E-state index contributed by atoms with van der Waals surface area (Å²) in [5.41, 5.74) is 2.78.